The van der Waals surface area contributed by atoms with Crippen molar-refractivity contribution in [1.82, 2.24) is 95.6 Å². The summed E-state index contributed by atoms with van der Waals surface area (Å²) < 4.78 is 16.0. The first kappa shape index (κ1) is 94.6. The first-order chi connectivity index (χ1) is 66.8. The summed E-state index contributed by atoms with van der Waals surface area (Å²) in [5, 5.41) is 22.1. The summed E-state index contributed by atoms with van der Waals surface area (Å²) in [4.78, 5) is 58.8. The molecule has 0 saturated carbocycles. The largest absolute Gasteiger partial charge is 0.360 e. The predicted molar refractivity (Wildman–Crippen MR) is 531 cm³/mol. The molecule has 27 heterocycles. The maximum Gasteiger partial charge on any atom is 0.0638 e. The Labute approximate surface area is 905 Å². The Morgan fingerprint density at radius 2 is 0.613 bits per heavy atom. The minimum Gasteiger partial charge on any atom is -0.360 e. The number of aromatic nitrogens is 20. The molecule has 0 saturated heterocycles. The first-order valence-corrected chi connectivity index (χ1v) is 46.3. The SMILES string of the molecule is CC1(C)Cc2cccc3c4ccc[c-]c4c4ncc1n4c23.[Ir].[Ir].[Ir].[Ir].[Ir].[Ir].[Ir].[c-]1cccc2c1c1ncc3n1c1c(ccnc21)CC3.[c-]1cccc2c1c1ncc3n1c1c(cncc21)CC3.[c-]1cccc2c1c1ncc3n1c1c(nccc21)CC3.[c-]1ccnc2c1c1ncc3n1c1c(cccc21)CC3.[c-]1cncc2c1c1ncc3n1c1c(cccc21)CC3.[c-]1nccc2c1c1ncc3n1c1c(cccc21)CC3. The van der Waals surface area contributed by atoms with Gasteiger partial charge in [-0.3, -0.25) is 49.8 Å². The summed E-state index contributed by atoms with van der Waals surface area (Å²) in [6, 6.07) is 78.8. The monoisotopic (exact) mass is 3090 g/mol. The van der Waals surface area contributed by atoms with Crippen LogP contribution in [0.15, 0.2) is 263 Å². The van der Waals surface area contributed by atoms with E-state index in [-0.39, 0.29) is 146 Å². The maximum absolute atomic E-state index is 4.73. The van der Waals surface area contributed by atoms with Crippen molar-refractivity contribution in [3.8, 4) is 0 Å². The Bertz CT molecular complexity index is 8820. The number of rotatable bonds is 0. The van der Waals surface area contributed by atoms with Gasteiger partial charge in [0.25, 0.3) is 0 Å². The van der Waals surface area contributed by atoms with E-state index in [4.69, 9.17) is 4.98 Å². The Balaban J connectivity index is 0.0000000942. The fourth-order valence-electron chi connectivity index (χ4n) is 23.3. The van der Waals surface area contributed by atoms with E-state index in [1.54, 1.807) is 18.6 Å². The van der Waals surface area contributed by atoms with E-state index in [1.165, 1.54) is 171 Å². The molecule has 0 unspecified atom stereocenters. The van der Waals surface area contributed by atoms with Crippen LogP contribution >= 0.6 is 0 Å². The maximum atomic E-state index is 4.73. The van der Waals surface area contributed by atoms with Crippen LogP contribution in [0.3, 0.4) is 0 Å². The molecular weight excluding hydrogens is 3010 g/mol. The van der Waals surface area contributed by atoms with Crippen LogP contribution in [0.1, 0.15) is 92.8 Å². The number of aryl methyl sites for hydroxylation is 12. The van der Waals surface area contributed by atoms with Gasteiger partial charge >= 0.3 is 0 Å². The van der Waals surface area contributed by atoms with E-state index in [9.17, 15) is 0 Å². The molecule has 0 atom stereocenters. The van der Waals surface area contributed by atoms with Gasteiger partial charge in [0.1, 0.15) is 0 Å². The van der Waals surface area contributed by atoms with Gasteiger partial charge in [-0.15, -0.1) is 137 Å². The van der Waals surface area contributed by atoms with Crippen LogP contribution in [0.5, 0.6) is 0 Å². The summed E-state index contributed by atoms with van der Waals surface area (Å²) in [6.07, 6.45) is 45.9. The van der Waals surface area contributed by atoms with Crippen molar-refractivity contribution in [2.75, 3.05) is 0 Å². The van der Waals surface area contributed by atoms with Gasteiger partial charge in [-0.05, 0) is 185 Å². The van der Waals surface area contributed by atoms with Gasteiger partial charge in [-0.2, -0.15) is 6.07 Å². The second-order valence-electron chi connectivity index (χ2n) is 36.9. The number of benzene rings is 8. The molecule has 0 aliphatic carbocycles. The summed E-state index contributed by atoms with van der Waals surface area (Å²) in [6.45, 7) is 4.61. The Morgan fingerprint density at radius 1 is 0.239 bits per heavy atom. The minimum atomic E-state index is 0. The number of fused-ring (bicyclic) bond motifs is 21. The van der Waals surface area contributed by atoms with E-state index in [2.05, 4.69) is 268 Å². The van der Waals surface area contributed by atoms with E-state index in [0.717, 1.165) is 183 Å². The number of imidazole rings is 7. The van der Waals surface area contributed by atoms with Gasteiger partial charge in [0.2, 0.25) is 0 Å². The molecule has 0 bridgehead atoms. The van der Waals surface area contributed by atoms with E-state index in [1.807, 2.05) is 123 Å². The zero-order valence-electron chi connectivity index (χ0n) is 75.8. The van der Waals surface area contributed by atoms with Gasteiger partial charge in [0.05, 0.1) is 56.1 Å². The third kappa shape index (κ3) is 14.3. The van der Waals surface area contributed by atoms with Crippen molar-refractivity contribution >= 4 is 192 Å². The second kappa shape index (κ2) is 37.1. The molecule has 705 valence electrons. The smallest absolute Gasteiger partial charge is 0.0638 e. The zero-order valence-corrected chi connectivity index (χ0v) is 92.6. The zero-order chi connectivity index (χ0) is 88.6. The molecule has 0 spiro atoms. The third-order valence-electron chi connectivity index (χ3n) is 29.2. The number of hydrogen-bond donors (Lipinski definition) is 0. The topological polar surface area (TPSA) is 198 Å². The normalized spacial score (nSPS) is 13.6. The van der Waals surface area contributed by atoms with Crippen LogP contribution in [0, 0.1) is 42.6 Å². The number of nitrogens with zero attached hydrogens (tertiary/aromatic N) is 20. The van der Waals surface area contributed by atoms with E-state index in [0.29, 0.717) is 0 Å². The summed E-state index contributed by atoms with van der Waals surface area (Å²) >= 11 is 0. The molecule has 7 radical (unpaired) electrons. The fourth-order valence-corrected chi connectivity index (χ4v) is 23.3. The second-order valence-corrected chi connectivity index (χ2v) is 36.9. The minimum absolute atomic E-state index is 0. The number of pyridine rings is 13. The molecule has 0 fully saturated rings. The first-order valence-electron chi connectivity index (χ1n) is 46.3. The molecule has 8 aromatic carbocycles. The molecule has 20 nitrogen and oxygen atoms in total. The van der Waals surface area contributed by atoms with Crippen LogP contribution in [0.25, 0.3) is 192 Å². The summed E-state index contributed by atoms with van der Waals surface area (Å²) in [5.74, 6) is 0. The quantitative estimate of drug-likeness (QED) is 0.103. The molecule has 142 heavy (non-hydrogen) atoms. The molecule has 7 aliphatic heterocycles. The molecule has 0 amide bonds. The van der Waals surface area contributed by atoms with Crippen molar-refractivity contribution in [3.63, 3.8) is 0 Å². The van der Waals surface area contributed by atoms with Crippen molar-refractivity contribution in [2.24, 2.45) is 0 Å². The third-order valence-corrected chi connectivity index (χ3v) is 29.2. The van der Waals surface area contributed by atoms with Crippen LogP contribution in [-0.2, 0) is 230 Å². The molecule has 20 aromatic heterocycles. The predicted octanol–water partition coefficient (Wildman–Crippen LogP) is 21.9. The van der Waals surface area contributed by atoms with Gasteiger partial charge in [-0.1, -0.05) is 148 Å². The van der Waals surface area contributed by atoms with Gasteiger partial charge < -0.3 is 45.8 Å². The van der Waals surface area contributed by atoms with E-state index >= 15 is 0 Å². The van der Waals surface area contributed by atoms with Gasteiger partial charge in [0.15, 0.2) is 0 Å². The molecule has 27 heteroatoms. The van der Waals surface area contributed by atoms with Crippen LogP contribution < -0.4 is 0 Å². The Kier molecular flexibility index (Phi) is 24.7. The fraction of sp³-hybridized carbons (Fsp3) is 0.139. The summed E-state index contributed by atoms with van der Waals surface area (Å²) in [5.41, 5.74) is 36.7. The standard InChI is InChI=1S/C19H15N2.6C16H10N3.7Ir/c1-19(2)10-12-6-5-9-14-13-7-3-4-8-15(13)18-20-11-16(19)21(18)17(12)14;1-3-10-6-7-11-9-18-16-13-5-2-8-17-14(13)12(4-1)15(10)19(11)16;1-2-10-4-5-11-8-18-16-14-9-17-7-6-12(14)13(3-1)15(10)19(11)16;1-2-10-4-5-11-8-18-16-13-6-7-17-9-14(13)12(3-1)15(10)19(11)16;1-2-4-13-12(3-1)14-9-17-7-10-5-6-11-8-18-16(13)19(11)15(10)14;1-2-4-13-11(3-1)12-7-8-17-14-6-5-10-9-18-16(13)19(10)15(12)14;1-2-4-13-12(3-1)14-15-10(7-8-17-14)5-6-11-9-18-16(13)19(11)15;;;;;;;/h3-7,9,11H,10H2,1-2H3;1-4,8-9H,6-7H2;1-3,6-8H,4-5H2;1-3,7-9H,4-5H2;3*1-3,7-9H,5-6H2;;;;;;;/q7*-1;;;;;;;. The van der Waals surface area contributed by atoms with Gasteiger partial charge in [-0.25, -0.2) is 0 Å². The van der Waals surface area contributed by atoms with Gasteiger partial charge in [0, 0.05) is 287 Å². The van der Waals surface area contributed by atoms with Crippen LogP contribution in [0.2, 0.25) is 0 Å². The Hall–Kier alpha value is -12.3. The molecular formula is C115H75Ir7N20-7. The molecule has 0 N–H and O–H groups in total. The van der Waals surface area contributed by atoms with Crippen molar-refractivity contribution in [2.45, 2.75) is 103 Å². The summed E-state index contributed by atoms with van der Waals surface area (Å²) in [7, 11) is 0. The molecule has 7 aliphatic rings. The molecule has 28 aromatic rings. The van der Waals surface area contributed by atoms with Crippen molar-refractivity contribution < 1.29 is 141 Å². The number of hydrogen-bond acceptors (Lipinski definition) is 13. The number of para-hydroxylation sites is 4. The van der Waals surface area contributed by atoms with Crippen molar-refractivity contribution in [1.29, 1.82) is 0 Å². The van der Waals surface area contributed by atoms with Crippen LogP contribution in [-0.4, -0.2) is 95.6 Å². The van der Waals surface area contributed by atoms with E-state index < -0.39 is 0 Å². The molecule has 35 rings (SSSR count). The average molecular weight is 3080 g/mol. The van der Waals surface area contributed by atoms with Crippen molar-refractivity contribution in [3.05, 3.63) is 384 Å². The Morgan fingerprint density at radius 3 is 1.18 bits per heavy atom. The van der Waals surface area contributed by atoms with Crippen LogP contribution in [0.4, 0.5) is 0 Å². The average Bonchev–Trinajstić information content (AvgIpc) is 1.49.